The van der Waals surface area contributed by atoms with Crippen LogP contribution in [0.25, 0.3) is 0 Å². The Morgan fingerprint density at radius 1 is 1.25 bits per heavy atom. The highest BCUT2D eigenvalue weighted by atomic mass is 35.5. The summed E-state index contributed by atoms with van der Waals surface area (Å²) < 4.78 is 5.15. The van der Waals surface area contributed by atoms with Gasteiger partial charge in [0.2, 0.25) is 0 Å². The van der Waals surface area contributed by atoms with Crippen molar-refractivity contribution in [3.8, 4) is 5.75 Å². The van der Waals surface area contributed by atoms with Crippen LogP contribution in [-0.4, -0.2) is 18.0 Å². The van der Waals surface area contributed by atoms with Crippen molar-refractivity contribution in [3.63, 3.8) is 0 Å². The maximum Gasteiger partial charge on any atom is 0.257 e. The number of carbonyl (C=O) groups is 1. The van der Waals surface area contributed by atoms with E-state index in [2.05, 4.69) is 10.3 Å². The molecule has 0 spiro atoms. The van der Waals surface area contributed by atoms with E-state index in [9.17, 15) is 4.79 Å². The normalized spacial score (nSPS) is 10.2. The number of ether oxygens (including phenoxy) is 1. The fourth-order valence-corrected chi connectivity index (χ4v) is 2.07. The van der Waals surface area contributed by atoms with E-state index in [1.807, 2.05) is 0 Å². The van der Waals surface area contributed by atoms with Crippen molar-refractivity contribution in [3.05, 3.63) is 51.2 Å². The minimum absolute atomic E-state index is 0.178. The summed E-state index contributed by atoms with van der Waals surface area (Å²) >= 11 is 17.6. The van der Waals surface area contributed by atoms with Crippen molar-refractivity contribution < 1.29 is 9.53 Å². The molecule has 0 radical (unpaired) electrons. The average molecular weight is 332 g/mol. The SMILES string of the molecule is COc1ccc(Cl)cc1NC(=O)c1cc(Cl)ncc1Cl. The number of carbonyl (C=O) groups excluding carboxylic acids is 1. The van der Waals surface area contributed by atoms with Gasteiger partial charge in [-0.25, -0.2) is 4.98 Å². The highest BCUT2D eigenvalue weighted by Crippen LogP contribution is 2.29. The minimum Gasteiger partial charge on any atom is -0.495 e. The first-order valence-electron chi connectivity index (χ1n) is 5.47. The molecule has 0 bridgehead atoms. The molecule has 1 aromatic heterocycles. The smallest absolute Gasteiger partial charge is 0.257 e. The first kappa shape index (κ1) is 14.9. The summed E-state index contributed by atoms with van der Waals surface area (Å²) in [6, 6.07) is 6.27. The van der Waals surface area contributed by atoms with Gasteiger partial charge in [-0.2, -0.15) is 0 Å². The lowest BCUT2D eigenvalue weighted by atomic mass is 10.2. The number of amides is 1. The fourth-order valence-electron chi connectivity index (χ4n) is 1.55. The van der Waals surface area contributed by atoms with E-state index in [0.29, 0.717) is 16.5 Å². The van der Waals surface area contributed by atoms with E-state index >= 15 is 0 Å². The largest absolute Gasteiger partial charge is 0.495 e. The number of rotatable bonds is 3. The second-order valence-electron chi connectivity index (χ2n) is 3.79. The van der Waals surface area contributed by atoms with Crippen LogP contribution in [0.3, 0.4) is 0 Å². The van der Waals surface area contributed by atoms with Crippen LogP contribution in [0.5, 0.6) is 5.75 Å². The molecular weight excluding hydrogens is 323 g/mol. The number of methoxy groups -OCH3 is 1. The van der Waals surface area contributed by atoms with Gasteiger partial charge in [-0.05, 0) is 24.3 Å². The predicted octanol–water partition coefficient (Wildman–Crippen LogP) is 4.30. The number of hydrogen-bond acceptors (Lipinski definition) is 3. The van der Waals surface area contributed by atoms with Gasteiger partial charge < -0.3 is 10.1 Å². The molecule has 0 aliphatic rings. The molecule has 0 aliphatic heterocycles. The van der Waals surface area contributed by atoms with Crippen molar-refractivity contribution in [1.82, 2.24) is 4.98 Å². The number of hydrogen-bond donors (Lipinski definition) is 1. The maximum atomic E-state index is 12.2. The van der Waals surface area contributed by atoms with Crippen LogP contribution in [-0.2, 0) is 0 Å². The zero-order valence-electron chi connectivity index (χ0n) is 10.3. The topological polar surface area (TPSA) is 51.2 Å². The minimum atomic E-state index is -0.431. The van der Waals surface area contributed by atoms with E-state index < -0.39 is 5.91 Å². The first-order chi connectivity index (χ1) is 9.51. The highest BCUT2D eigenvalue weighted by Gasteiger charge is 2.14. The molecule has 4 nitrogen and oxygen atoms in total. The van der Waals surface area contributed by atoms with E-state index in [-0.39, 0.29) is 15.7 Å². The second kappa shape index (κ2) is 6.31. The van der Waals surface area contributed by atoms with Gasteiger partial charge in [-0.1, -0.05) is 34.8 Å². The van der Waals surface area contributed by atoms with Crippen LogP contribution in [0, 0.1) is 0 Å². The molecule has 104 valence electrons. The van der Waals surface area contributed by atoms with Crippen LogP contribution in [0.1, 0.15) is 10.4 Å². The van der Waals surface area contributed by atoms with Gasteiger partial charge in [-0.15, -0.1) is 0 Å². The number of pyridine rings is 1. The molecule has 1 heterocycles. The zero-order chi connectivity index (χ0) is 14.7. The van der Waals surface area contributed by atoms with Gasteiger partial charge in [-0.3, -0.25) is 4.79 Å². The average Bonchev–Trinajstić information content (AvgIpc) is 2.41. The summed E-state index contributed by atoms with van der Waals surface area (Å²) in [5.41, 5.74) is 0.655. The number of halogens is 3. The molecule has 2 rings (SSSR count). The first-order valence-corrected chi connectivity index (χ1v) is 6.60. The Morgan fingerprint density at radius 2 is 2.00 bits per heavy atom. The molecule has 2 aromatic rings. The van der Waals surface area contributed by atoms with Crippen molar-refractivity contribution in [1.29, 1.82) is 0 Å². The van der Waals surface area contributed by atoms with Crippen LogP contribution >= 0.6 is 34.8 Å². The Kier molecular flexibility index (Phi) is 4.70. The molecular formula is C13H9Cl3N2O2. The summed E-state index contributed by atoms with van der Waals surface area (Å²) in [7, 11) is 1.50. The number of anilines is 1. The molecule has 1 aromatic carbocycles. The Balaban J connectivity index is 2.32. The van der Waals surface area contributed by atoms with Crippen molar-refractivity contribution >= 4 is 46.4 Å². The summed E-state index contributed by atoms with van der Waals surface area (Å²) in [6.07, 6.45) is 1.31. The zero-order valence-corrected chi connectivity index (χ0v) is 12.6. The lowest BCUT2D eigenvalue weighted by Crippen LogP contribution is -2.13. The van der Waals surface area contributed by atoms with Crippen LogP contribution in [0.4, 0.5) is 5.69 Å². The third kappa shape index (κ3) is 3.33. The Bertz CT molecular complexity index is 662. The van der Waals surface area contributed by atoms with E-state index in [1.165, 1.54) is 19.4 Å². The van der Waals surface area contributed by atoms with Gasteiger partial charge in [0, 0.05) is 11.2 Å². The molecule has 0 fully saturated rings. The molecule has 0 atom stereocenters. The molecule has 0 saturated heterocycles. The lowest BCUT2D eigenvalue weighted by molar-refractivity contribution is 0.102. The Morgan fingerprint density at radius 3 is 2.70 bits per heavy atom. The van der Waals surface area contributed by atoms with Crippen LogP contribution in [0.15, 0.2) is 30.5 Å². The predicted molar refractivity (Wildman–Crippen MR) is 80.2 cm³/mol. The van der Waals surface area contributed by atoms with Gasteiger partial charge in [0.15, 0.2) is 0 Å². The second-order valence-corrected chi connectivity index (χ2v) is 5.02. The fraction of sp³-hybridized carbons (Fsp3) is 0.0769. The maximum absolute atomic E-state index is 12.2. The van der Waals surface area contributed by atoms with E-state index in [0.717, 1.165) is 0 Å². The van der Waals surface area contributed by atoms with Gasteiger partial charge in [0.05, 0.1) is 23.4 Å². The van der Waals surface area contributed by atoms with Crippen molar-refractivity contribution in [2.75, 3.05) is 12.4 Å². The monoisotopic (exact) mass is 330 g/mol. The van der Waals surface area contributed by atoms with Gasteiger partial charge in [0.25, 0.3) is 5.91 Å². The summed E-state index contributed by atoms with van der Waals surface area (Å²) in [4.78, 5) is 16.0. The molecule has 0 aliphatic carbocycles. The lowest BCUT2D eigenvalue weighted by Gasteiger charge is -2.11. The molecule has 0 unspecified atom stereocenters. The molecule has 7 heteroatoms. The number of nitrogens with zero attached hydrogens (tertiary/aromatic N) is 1. The van der Waals surface area contributed by atoms with Crippen molar-refractivity contribution in [2.24, 2.45) is 0 Å². The third-order valence-electron chi connectivity index (χ3n) is 2.48. The molecule has 20 heavy (non-hydrogen) atoms. The summed E-state index contributed by atoms with van der Waals surface area (Å²) in [5.74, 6) is 0.0545. The summed E-state index contributed by atoms with van der Waals surface area (Å²) in [5, 5.41) is 3.52. The number of benzene rings is 1. The van der Waals surface area contributed by atoms with Crippen LogP contribution in [0.2, 0.25) is 15.2 Å². The third-order valence-corrected chi connectivity index (χ3v) is 3.22. The van der Waals surface area contributed by atoms with E-state index in [4.69, 9.17) is 39.5 Å². The quantitative estimate of drug-likeness (QED) is 0.853. The number of nitrogens with one attached hydrogen (secondary N) is 1. The van der Waals surface area contributed by atoms with Crippen molar-refractivity contribution in [2.45, 2.75) is 0 Å². The standard InChI is InChI=1S/C13H9Cl3N2O2/c1-20-11-3-2-7(14)4-10(11)18-13(19)8-5-12(16)17-6-9(8)15/h2-6H,1H3,(H,18,19). The summed E-state index contributed by atoms with van der Waals surface area (Å²) in [6.45, 7) is 0. The number of aromatic nitrogens is 1. The Hall–Kier alpha value is -1.49. The van der Waals surface area contributed by atoms with Gasteiger partial charge in [0.1, 0.15) is 10.9 Å². The highest BCUT2D eigenvalue weighted by molar-refractivity contribution is 6.35. The van der Waals surface area contributed by atoms with E-state index in [1.54, 1.807) is 18.2 Å². The van der Waals surface area contributed by atoms with Gasteiger partial charge >= 0.3 is 0 Å². The molecule has 1 amide bonds. The molecule has 0 saturated carbocycles. The Labute approximate surface area is 130 Å². The molecule has 1 N–H and O–H groups in total. The van der Waals surface area contributed by atoms with Crippen LogP contribution < -0.4 is 10.1 Å².